The second-order valence-electron chi connectivity index (χ2n) is 3.70. The van der Waals surface area contributed by atoms with Crippen LogP contribution >= 0.6 is 15.9 Å². The first-order valence-electron chi connectivity index (χ1n) is 5.24. The van der Waals surface area contributed by atoms with Crippen LogP contribution in [0.4, 0.5) is 5.82 Å². The maximum atomic E-state index is 11.0. The molecule has 0 radical (unpaired) electrons. The van der Waals surface area contributed by atoms with Gasteiger partial charge in [-0.3, -0.25) is 4.79 Å². The Balaban J connectivity index is 2.08. The molecule has 1 atom stereocenters. The van der Waals surface area contributed by atoms with Gasteiger partial charge in [0.05, 0.1) is 6.04 Å². The molecule has 1 aliphatic rings. The molecule has 0 aliphatic carbocycles. The molecule has 1 amide bonds. The Bertz CT molecular complexity index is 410. The number of halogens is 1. The number of hydrogen-bond acceptors (Lipinski definition) is 4. The summed E-state index contributed by atoms with van der Waals surface area (Å²) in [6, 6.07) is 1.95. The van der Waals surface area contributed by atoms with E-state index in [9.17, 15) is 4.79 Å². The Hall–Kier alpha value is -1.17. The van der Waals surface area contributed by atoms with Crippen molar-refractivity contribution >= 4 is 27.7 Å². The summed E-state index contributed by atoms with van der Waals surface area (Å²) in [4.78, 5) is 19.6. The van der Waals surface area contributed by atoms with Gasteiger partial charge in [-0.25, -0.2) is 9.97 Å². The number of anilines is 1. The topological polar surface area (TPSA) is 66.9 Å². The van der Waals surface area contributed by atoms with Crippen molar-refractivity contribution in [3.63, 3.8) is 0 Å². The summed E-state index contributed by atoms with van der Waals surface area (Å²) in [5, 5.41) is 6.00. The molecule has 1 fully saturated rings. The molecule has 1 aliphatic heterocycles. The molecule has 1 saturated heterocycles. The zero-order valence-corrected chi connectivity index (χ0v) is 10.5. The van der Waals surface area contributed by atoms with E-state index in [4.69, 9.17) is 0 Å². The van der Waals surface area contributed by atoms with Crippen molar-refractivity contribution < 1.29 is 4.79 Å². The van der Waals surface area contributed by atoms with Crippen molar-refractivity contribution in [2.24, 2.45) is 0 Å². The minimum Gasteiger partial charge on any atom is -0.365 e. The van der Waals surface area contributed by atoms with E-state index in [1.54, 1.807) is 0 Å². The fourth-order valence-electron chi connectivity index (χ4n) is 1.61. The molecule has 86 valence electrons. The molecule has 1 aromatic heterocycles. The third kappa shape index (κ3) is 2.69. The predicted molar refractivity (Wildman–Crippen MR) is 64.1 cm³/mol. The molecule has 0 aromatic carbocycles. The highest BCUT2D eigenvalue weighted by Gasteiger charge is 2.21. The molecule has 0 spiro atoms. The number of aryl methyl sites for hydroxylation is 1. The summed E-state index contributed by atoms with van der Waals surface area (Å²) >= 11 is 3.34. The summed E-state index contributed by atoms with van der Waals surface area (Å²) in [5.41, 5.74) is 0. The molecule has 2 N–H and O–H groups in total. The number of amides is 1. The zero-order chi connectivity index (χ0) is 11.5. The van der Waals surface area contributed by atoms with Crippen molar-refractivity contribution in [3.05, 3.63) is 16.5 Å². The first kappa shape index (κ1) is 11.3. The molecule has 0 saturated carbocycles. The Morgan fingerprint density at radius 1 is 1.62 bits per heavy atom. The minimum absolute atomic E-state index is 0.0846. The number of nitrogens with zero attached hydrogens (tertiary/aromatic N) is 2. The lowest BCUT2D eigenvalue weighted by atomic mass is 10.2. The van der Waals surface area contributed by atoms with E-state index >= 15 is 0 Å². The average molecular weight is 285 g/mol. The second kappa shape index (κ2) is 4.78. The molecule has 2 rings (SSSR count). The zero-order valence-electron chi connectivity index (χ0n) is 8.96. The predicted octanol–water partition coefficient (Wildman–Crippen LogP) is 1.10. The molecule has 6 heteroatoms. The normalized spacial score (nSPS) is 19.6. The number of rotatable bonds is 3. The summed E-state index contributed by atoms with van der Waals surface area (Å²) in [6.45, 7) is 2.66. The van der Waals surface area contributed by atoms with Gasteiger partial charge in [-0.1, -0.05) is 6.92 Å². The molecule has 1 aromatic rings. The van der Waals surface area contributed by atoms with Gasteiger partial charge in [0.25, 0.3) is 0 Å². The monoisotopic (exact) mass is 284 g/mol. The van der Waals surface area contributed by atoms with E-state index in [-0.39, 0.29) is 11.9 Å². The van der Waals surface area contributed by atoms with Crippen LogP contribution in [0.3, 0.4) is 0 Å². The molecular weight excluding hydrogens is 272 g/mol. The van der Waals surface area contributed by atoms with E-state index in [1.165, 1.54) is 0 Å². The van der Waals surface area contributed by atoms with Crippen LogP contribution in [-0.4, -0.2) is 28.5 Å². The summed E-state index contributed by atoms with van der Waals surface area (Å²) in [6.07, 6.45) is 1.29. The highest BCUT2D eigenvalue weighted by molar-refractivity contribution is 9.10. The third-order valence-electron chi connectivity index (χ3n) is 2.39. The van der Waals surface area contributed by atoms with Gasteiger partial charge < -0.3 is 10.6 Å². The van der Waals surface area contributed by atoms with E-state index in [2.05, 4.69) is 36.5 Å². The molecule has 0 bridgehead atoms. The van der Waals surface area contributed by atoms with E-state index in [1.807, 2.05) is 13.0 Å². The van der Waals surface area contributed by atoms with E-state index in [0.717, 1.165) is 22.7 Å². The van der Waals surface area contributed by atoms with Crippen molar-refractivity contribution in [1.29, 1.82) is 0 Å². The molecule has 5 nitrogen and oxygen atoms in total. The Morgan fingerprint density at radius 3 is 3.06 bits per heavy atom. The maximum Gasteiger partial charge on any atom is 0.222 e. The van der Waals surface area contributed by atoms with Crippen LogP contribution in [0.2, 0.25) is 0 Å². The van der Waals surface area contributed by atoms with Crippen molar-refractivity contribution in [2.45, 2.75) is 25.8 Å². The first-order chi connectivity index (χ1) is 7.67. The highest BCUT2D eigenvalue weighted by atomic mass is 79.9. The molecule has 16 heavy (non-hydrogen) atoms. The fourth-order valence-corrected chi connectivity index (χ4v) is 2.03. The van der Waals surface area contributed by atoms with Crippen LogP contribution in [0.5, 0.6) is 0 Å². The van der Waals surface area contributed by atoms with Gasteiger partial charge in [-0.15, -0.1) is 0 Å². The van der Waals surface area contributed by atoms with Crippen LogP contribution in [-0.2, 0) is 11.2 Å². The number of hydrogen-bond donors (Lipinski definition) is 2. The Kier molecular flexibility index (Phi) is 3.38. The molecule has 2 heterocycles. The van der Waals surface area contributed by atoms with Gasteiger partial charge in [0, 0.05) is 25.5 Å². The number of nitrogens with one attached hydrogen (secondary N) is 2. The van der Waals surface area contributed by atoms with Crippen molar-refractivity contribution in [2.75, 3.05) is 11.9 Å². The lowest BCUT2D eigenvalue weighted by molar-refractivity contribution is -0.119. The van der Waals surface area contributed by atoms with Crippen LogP contribution in [0.25, 0.3) is 0 Å². The van der Waals surface area contributed by atoms with E-state index < -0.39 is 0 Å². The smallest absolute Gasteiger partial charge is 0.222 e. The largest absolute Gasteiger partial charge is 0.365 e. The van der Waals surface area contributed by atoms with Gasteiger partial charge in [0.2, 0.25) is 5.91 Å². The number of aromatic nitrogens is 2. The molecular formula is C10H13BrN4O. The van der Waals surface area contributed by atoms with Crippen LogP contribution in [0, 0.1) is 0 Å². The number of carbonyl (C=O) groups excluding carboxylic acids is 1. The number of carbonyl (C=O) groups is 1. The van der Waals surface area contributed by atoms with E-state index in [0.29, 0.717) is 13.0 Å². The fraction of sp³-hybridized carbons (Fsp3) is 0.500. The maximum absolute atomic E-state index is 11.0. The average Bonchev–Trinajstić information content (AvgIpc) is 2.63. The van der Waals surface area contributed by atoms with Gasteiger partial charge in [-0.2, -0.15) is 0 Å². The van der Waals surface area contributed by atoms with Gasteiger partial charge >= 0.3 is 0 Å². The van der Waals surface area contributed by atoms with Crippen molar-refractivity contribution in [1.82, 2.24) is 15.3 Å². The standard InChI is InChI=1S/C10H13BrN4O/c1-2-8-14-7(11)4-9(15-8)13-6-3-10(16)12-5-6/h4,6H,2-3,5H2,1H3,(H,12,16)(H,13,14,15). The van der Waals surface area contributed by atoms with Gasteiger partial charge in [0.1, 0.15) is 16.2 Å². The minimum atomic E-state index is 0.0846. The van der Waals surface area contributed by atoms with Crippen molar-refractivity contribution in [3.8, 4) is 0 Å². The summed E-state index contributed by atoms with van der Waals surface area (Å²) < 4.78 is 0.763. The quantitative estimate of drug-likeness (QED) is 0.816. The molecule has 1 unspecified atom stereocenters. The Morgan fingerprint density at radius 2 is 2.44 bits per heavy atom. The van der Waals surface area contributed by atoms with Gasteiger partial charge in [0.15, 0.2) is 0 Å². The summed E-state index contributed by atoms with van der Waals surface area (Å²) in [7, 11) is 0. The van der Waals surface area contributed by atoms with Crippen LogP contribution < -0.4 is 10.6 Å². The third-order valence-corrected chi connectivity index (χ3v) is 2.79. The summed E-state index contributed by atoms with van der Waals surface area (Å²) in [5.74, 6) is 1.63. The highest BCUT2D eigenvalue weighted by Crippen LogP contribution is 2.15. The Labute approximate surface area is 102 Å². The SMILES string of the molecule is CCc1nc(Br)cc(NC2CNC(=O)C2)n1. The lowest BCUT2D eigenvalue weighted by Gasteiger charge is -2.11. The van der Waals surface area contributed by atoms with Crippen LogP contribution in [0.1, 0.15) is 19.2 Å². The first-order valence-corrected chi connectivity index (χ1v) is 6.03. The second-order valence-corrected chi connectivity index (χ2v) is 4.51. The van der Waals surface area contributed by atoms with Gasteiger partial charge in [-0.05, 0) is 15.9 Å². The van der Waals surface area contributed by atoms with Crippen LogP contribution in [0.15, 0.2) is 10.7 Å². The lowest BCUT2D eigenvalue weighted by Crippen LogP contribution is -2.23.